The van der Waals surface area contributed by atoms with E-state index in [1.165, 1.54) is 50.8 Å². The summed E-state index contributed by atoms with van der Waals surface area (Å²) < 4.78 is 0. The molecule has 0 aliphatic carbocycles. The van der Waals surface area contributed by atoms with Gasteiger partial charge in [-0.1, -0.05) is 32.8 Å². The Hall–Kier alpha value is -1.05. The molecule has 1 aliphatic rings. The summed E-state index contributed by atoms with van der Waals surface area (Å²) in [5.74, 6) is 1.14. The molecule has 0 atom stereocenters. The lowest BCUT2D eigenvalue weighted by Crippen LogP contribution is -2.29. The van der Waals surface area contributed by atoms with Crippen molar-refractivity contribution in [3.63, 3.8) is 0 Å². The van der Waals surface area contributed by atoms with Crippen molar-refractivity contribution in [3.8, 4) is 0 Å². The lowest BCUT2D eigenvalue weighted by molar-refractivity contribution is 0.573. The molecule has 17 heavy (non-hydrogen) atoms. The van der Waals surface area contributed by atoms with Crippen LogP contribution in [0.2, 0.25) is 0 Å². The van der Waals surface area contributed by atoms with Gasteiger partial charge in [0.05, 0.1) is 0 Å². The van der Waals surface area contributed by atoms with Gasteiger partial charge in [-0.25, -0.2) is 4.98 Å². The Morgan fingerprint density at radius 3 is 2.18 bits per heavy atom. The van der Waals surface area contributed by atoms with Gasteiger partial charge >= 0.3 is 0 Å². The quantitative estimate of drug-likeness (QED) is 0.763. The maximum atomic E-state index is 4.43. The molecule has 1 saturated heterocycles. The first-order chi connectivity index (χ1) is 8.27. The number of anilines is 1. The van der Waals surface area contributed by atoms with Gasteiger partial charge in [0.2, 0.25) is 0 Å². The zero-order valence-electron chi connectivity index (χ0n) is 11.6. The van der Waals surface area contributed by atoms with E-state index in [0.717, 1.165) is 5.82 Å². The first-order valence-corrected chi connectivity index (χ1v) is 6.95. The number of unbranched alkanes of at least 4 members (excludes halogenated alkanes) is 1. The number of piperidine rings is 1. The van der Waals surface area contributed by atoms with Crippen LogP contribution >= 0.6 is 0 Å². The molecular formula is C15H26N2. The average molecular weight is 234 g/mol. The maximum Gasteiger partial charge on any atom is 0.128 e. The van der Waals surface area contributed by atoms with Crippen LogP contribution in [0.3, 0.4) is 0 Å². The van der Waals surface area contributed by atoms with E-state index < -0.39 is 0 Å². The molecule has 2 rings (SSSR count). The Balaban J connectivity index is 0.000000317. The minimum Gasteiger partial charge on any atom is -0.357 e. The minimum absolute atomic E-state index is 1.14. The molecule has 0 spiro atoms. The number of aryl methyl sites for hydroxylation is 1. The standard InChI is InChI=1S/C11H16N2.C4H10/c1-10-5-6-11(12-9-10)13-7-3-2-4-8-13;1-3-4-2/h5-6,9H,2-4,7-8H2,1H3;3-4H2,1-2H3. The Morgan fingerprint density at radius 2 is 1.71 bits per heavy atom. The molecule has 2 heteroatoms. The molecule has 0 aromatic carbocycles. The molecule has 0 unspecified atom stereocenters. The minimum atomic E-state index is 1.14. The first-order valence-electron chi connectivity index (χ1n) is 6.95. The first kappa shape index (κ1) is 14.0. The molecule has 0 amide bonds. The molecule has 0 radical (unpaired) electrons. The highest BCUT2D eigenvalue weighted by molar-refractivity contribution is 5.39. The summed E-state index contributed by atoms with van der Waals surface area (Å²) in [5, 5.41) is 0. The van der Waals surface area contributed by atoms with Gasteiger partial charge in [-0.05, 0) is 37.8 Å². The topological polar surface area (TPSA) is 16.1 Å². The van der Waals surface area contributed by atoms with E-state index in [9.17, 15) is 0 Å². The number of rotatable bonds is 2. The van der Waals surface area contributed by atoms with Crippen molar-refractivity contribution in [1.29, 1.82) is 0 Å². The van der Waals surface area contributed by atoms with Crippen molar-refractivity contribution in [2.75, 3.05) is 18.0 Å². The van der Waals surface area contributed by atoms with E-state index in [1.54, 1.807) is 0 Å². The van der Waals surface area contributed by atoms with Gasteiger partial charge in [0.1, 0.15) is 5.82 Å². The third-order valence-corrected chi connectivity index (χ3v) is 3.08. The summed E-state index contributed by atoms with van der Waals surface area (Å²) in [7, 11) is 0. The maximum absolute atomic E-state index is 4.43. The fourth-order valence-corrected chi connectivity index (χ4v) is 1.77. The van der Waals surface area contributed by atoms with Gasteiger partial charge in [0.25, 0.3) is 0 Å². The summed E-state index contributed by atoms with van der Waals surface area (Å²) in [5.41, 5.74) is 1.24. The van der Waals surface area contributed by atoms with E-state index in [1.807, 2.05) is 6.20 Å². The van der Waals surface area contributed by atoms with Gasteiger partial charge in [0, 0.05) is 19.3 Å². The average Bonchev–Trinajstić information content (AvgIpc) is 2.41. The van der Waals surface area contributed by atoms with E-state index in [2.05, 4.69) is 42.8 Å². The molecular weight excluding hydrogens is 208 g/mol. The van der Waals surface area contributed by atoms with Crippen molar-refractivity contribution in [1.82, 2.24) is 4.98 Å². The highest BCUT2D eigenvalue weighted by Crippen LogP contribution is 2.16. The summed E-state index contributed by atoms with van der Waals surface area (Å²) >= 11 is 0. The van der Waals surface area contributed by atoms with Crippen LogP contribution < -0.4 is 4.90 Å². The van der Waals surface area contributed by atoms with Crippen LogP contribution in [0.5, 0.6) is 0 Å². The molecule has 2 nitrogen and oxygen atoms in total. The summed E-state index contributed by atoms with van der Waals surface area (Å²) in [6, 6.07) is 4.26. The van der Waals surface area contributed by atoms with Crippen LogP contribution in [0.25, 0.3) is 0 Å². The fourth-order valence-electron chi connectivity index (χ4n) is 1.77. The van der Waals surface area contributed by atoms with E-state index in [-0.39, 0.29) is 0 Å². The van der Waals surface area contributed by atoms with Crippen LogP contribution in [0.15, 0.2) is 18.3 Å². The van der Waals surface area contributed by atoms with Gasteiger partial charge < -0.3 is 4.90 Å². The van der Waals surface area contributed by atoms with E-state index >= 15 is 0 Å². The Labute approximate surface area is 106 Å². The molecule has 0 saturated carbocycles. The predicted molar refractivity (Wildman–Crippen MR) is 75.6 cm³/mol. The van der Waals surface area contributed by atoms with Crippen LogP contribution in [-0.2, 0) is 0 Å². The Bertz CT molecular complexity index is 284. The second kappa shape index (κ2) is 8.10. The Kier molecular flexibility index (Phi) is 6.68. The van der Waals surface area contributed by atoms with Crippen LogP contribution in [0, 0.1) is 6.92 Å². The third kappa shape index (κ3) is 5.20. The van der Waals surface area contributed by atoms with Gasteiger partial charge in [-0.3, -0.25) is 0 Å². The SMILES string of the molecule is CCCC.Cc1ccc(N2CCCCC2)nc1. The summed E-state index contributed by atoms with van der Waals surface area (Å²) in [6.07, 6.45) is 8.59. The summed E-state index contributed by atoms with van der Waals surface area (Å²) in [6.45, 7) is 8.79. The van der Waals surface area contributed by atoms with Crippen LogP contribution in [-0.4, -0.2) is 18.1 Å². The monoisotopic (exact) mass is 234 g/mol. The zero-order chi connectivity index (χ0) is 12.5. The normalized spacial score (nSPS) is 15.1. The van der Waals surface area contributed by atoms with E-state index in [0.29, 0.717) is 0 Å². The van der Waals surface area contributed by atoms with Crippen molar-refractivity contribution in [3.05, 3.63) is 23.9 Å². The predicted octanol–water partition coefficient (Wildman–Crippen LogP) is 4.19. The second-order valence-corrected chi connectivity index (χ2v) is 4.74. The highest BCUT2D eigenvalue weighted by Gasteiger charge is 2.10. The lowest BCUT2D eigenvalue weighted by atomic mass is 10.1. The number of hydrogen-bond acceptors (Lipinski definition) is 2. The van der Waals surface area contributed by atoms with E-state index in [4.69, 9.17) is 0 Å². The van der Waals surface area contributed by atoms with Gasteiger partial charge in [-0.15, -0.1) is 0 Å². The highest BCUT2D eigenvalue weighted by atomic mass is 15.2. The van der Waals surface area contributed by atoms with Gasteiger partial charge in [-0.2, -0.15) is 0 Å². The molecule has 2 heterocycles. The van der Waals surface area contributed by atoms with Crippen molar-refractivity contribution in [2.24, 2.45) is 0 Å². The number of aromatic nitrogens is 1. The zero-order valence-corrected chi connectivity index (χ0v) is 11.6. The number of pyridine rings is 1. The molecule has 0 N–H and O–H groups in total. The second-order valence-electron chi connectivity index (χ2n) is 4.74. The smallest absolute Gasteiger partial charge is 0.128 e. The molecule has 1 aliphatic heterocycles. The van der Waals surface area contributed by atoms with Crippen molar-refractivity contribution < 1.29 is 0 Å². The molecule has 96 valence electrons. The van der Waals surface area contributed by atoms with Crippen molar-refractivity contribution in [2.45, 2.75) is 52.9 Å². The number of nitrogens with zero attached hydrogens (tertiary/aromatic N) is 2. The molecule has 1 fully saturated rings. The van der Waals surface area contributed by atoms with Gasteiger partial charge in [0.15, 0.2) is 0 Å². The third-order valence-electron chi connectivity index (χ3n) is 3.08. The Morgan fingerprint density at radius 1 is 1.06 bits per heavy atom. The largest absolute Gasteiger partial charge is 0.357 e. The number of hydrogen-bond donors (Lipinski definition) is 0. The fraction of sp³-hybridized carbons (Fsp3) is 0.667. The van der Waals surface area contributed by atoms with Crippen LogP contribution in [0.4, 0.5) is 5.82 Å². The molecule has 0 bridgehead atoms. The van der Waals surface area contributed by atoms with Crippen molar-refractivity contribution >= 4 is 5.82 Å². The molecule has 1 aromatic heterocycles. The lowest BCUT2D eigenvalue weighted by Gasteiger charge is -2.27. The molecule has 1 aromatic rings. The van der Waals surface area contributed by atoms with Crippen LogP contribution in [0.1, 0.15) is 51.5 Å². The summed E-state index contributed by atoms with van der Waals surface area (Å²) in [4.78, 5) is 6.81.